The summed E-state index contributed by atoms with van der Waals surface area (Å²) in [7, 11) is 1.43. The summed E-state index contributed by atoms with van der Waals surface area (Å²) >= 11 is 0. The summed E-state index contributed by atoms with van der Waals surface area (Å²) in [6.45, 7) is 1.92. The summed E-state index contributed by atoms with van der Waals surface area (Å²) < 4.78 is 14.4. The Kier molecular flexibility index (Phi) is 4.32. The van der Waals surface area contributed by atoms with Gasteiger partial charge in [-0.15, -0.1) is 0 Å². The van der Waals surface area contributed by atoms with Gasteiger partial charge < -0.3 is 14.2 Å². The van der Waals surface area contributed by atoms with Crippen LogP contribution in [0.1, 0.15) is 17.3 Å². The van der Waals surface area contributed by atoms with Crippen molar-refractivity contribution in [3.05, 3.63) is 23.8 Å². The first-order chi connectivity index (χ1) is 7.71. The summed E-state index contributed by atoms with van der Waals surface area (Å²) in [5, 5.41) is 0. The van der Waals surface area contributed by atoms with Crippen LogP contribution in [-0.2, 0) is 4.74 Å². The lowest BCUT2D eigenvalue weighted by Crippen LogP contribution is -2.10. The van der Waals surface area contributed by atoms with E-state index in [1.54, 1.807) is 6.92 Å². The van der Waals surface area contributed by atoms with Crippen molar-refractivity contribution in [2.24, 2.45) is 0 Å². The molecule has 0 aliphatic carbocycles. The molecule has 0 fully saturated rings. The number of hydrogen-bond acceptors (Lipinski definition) is 5. The molecule has 0 aliphatic rings. The van der Waals surface area contributed by atoms with Crippen molar-refractivity contribution in [3.63, 3.8) is 0 Å². The first kappa shape index (κ1) is 12.0. The average Bonchev–Trinajstić information content (AvgIpc) is 2.29. The fourth-order valence-corrected chi connectivity index (χ4v) is 1.10. The first-order valence-corrected chi connectivity index (χ1v) is 4.69. The molecule has 0 aliphatic heterocycles. The number of carbonyl (C=O) groups excluding carboxylic acids is 2. The van der Waals surface area contributed by atoms with Gasteiger partial charge in [-0.1, -0.05) is 0 Å². The molecule has 16 heavy (non-hydrogen) atoms. The Morgan fingerprint density at radius 3 is 2.75 bits per heavy atom. The highest BCUT2D eigenvalue weighted by Crippen LogP contribution is 2.23. The van der Waals surface area contributed by atoms with Crippen molar-refractivity contribution in [1.29, 1.82) is 0 Å². The minimum Gasteiger partial charge on any atom is -0.496 e. The smallest absolute Gasteiger partial charge is 0.496 e. The van der Waals surface area contributed by atoms with Crippen molar-refractivity contribution in [2.45, 2.75) is 6.92 Å². The van der Waals surface area contributed by atoms with Crippen molar-refractivity contribution in [1.82, 2.24) is 0 Å². The van der Waals surface area contributed by atoms with Gasteiger partial charge in [-0.3, -0.25) is 4.79 Å². The second-order valence-electron chi connectivity index (χ2n) is 2.81. The van der Waals surface area contributed by atoms with Crippen LogP contribution in [0.2, 0.25) is 0 Å². The lowest BCUT2D eigenvalue weighted by atomic mass is 10.2. The van der Waals surface area contributed by atoms with Gasteiger partial charge in [-0.25, -0.2) is 4.79 Å². The third-order valence-electron chi connectivity index (χ3n) is 1.80. The molecule has 5 nitrogen and oxygen atoms in total. The molecule has 1 rings (SSSR count). The maximum atomic E-state index is 11.0. The molecule has 0 spiro atoms. The van der Waals surface area contributed by atoms with Crippen LogP contribution in [0.4, 0.5) is 4.79 Å². The van der Waals surface area contributed by atoms with E-state index >= 15 is 0 Å². The fourth-order valence-electron chi connectivity index (χ4n) is 1.10. The fraction of sp³-hybridized carbons (Fsp3) is 0.273. The highest BCUT2D eigenvalue weighted by molar-refractivity contribution is 5.80. The Balaban J connectivity index is 2.82. The molecule has 0 bridgehead atoms. The zero-order valence-electron chi connectivity index (χ0n) is 9.06. The van der Waals surface area contributed by atoms with Crippen LogP contribution in [0, 0.1) is 0 Å². The lowest BCUT2D eigenvalue weighted by molar-refractivity contribution is 0.104. The second-order valence-corrected chi connectivity index (χ2v) is 2.81. The second kappa shape index (κ2) is 5.75. The van der Waals surface area contributed by atoms with Gasteiger partial charge >= 0.3 is 6.16 Å². The van der Waals surface area contributed by atoms with Crippen LogP contribution in [0.15, 0.2) is 18.2 Å². The molecule has 0 saturated carbocycles. The van der Waals surface area contributed by atoms with Gasteiger partial charge in [0.1, 0.15) is 11.5 Å². The molecule has 0 heterocycles. The SMILES string of the molecule is CCOC(=O)Oc1ccc(C=O)c(OC)c1. The molecule has 0 atom stereocenters. The van der Waals surface area contributed by atoms with E-state index in [0.717, 1.165) is 0 Å². The molecule has 0 amide bonds. The Bertz CT molecular complexity index is 386. The molecule has 0 unspecified atom stereocenters. The monoisotopic (exact) mass is 224 g/mol. The van der Waals surface area contributed by atoms with E-state index in [1.807, 2.05) is 0 Å². The predicted octanol–water partition coefficient (Wildman–Crippen LogP) is 2.04. The number of ether oxygens (including phenoxy) is 3. The Morgan fingerprint density at radius 1 is 1.44 bits per heavy atom. The Hall–Kier alpha value is -2.04. The van der Waals surface area contributed by atoms with Crippen LogP contribution in [0.5, 0.6) is 11.5 Å². The molecule has 86 valence electrons. The van der Waals surface area contributed by atoms with Gasteiger partial charge in [-0.2, -0.15) is 0 Å². The first-order valence-electron chi connectivity index (χ1n) is 4.69. The molecule has 0 saturated heterocycles. The van der Waals surface area contributed by atoms with Gasteiger partial charge in [-0.05, 0) is 19.1 Å². The molecular formula is C11H12O5. The van der Waals surface area contributed by atoms with Crippen LogP contribution in [0.25, 0.3) is 0 Å². The summed E-state index contributed by atoms with van der Waals surface area (Å²) in [6, 6.07) is 4.43. The number of rotatable bonds is 4. The molecule has 0 N–H and O–H groups in total. The number of benzene rings is 1. The van der Waals surface area contributed by atoms with E-state index in [-0.39, 0.29) is 12.4 Å². The Morgan fingerprint density at radius 2 is 2.19 bits per heavy atom. The minimum atomic E-state index is -0.789. The van der Waals surface area contributed by atoms with E-state index in [0.29, 0.717) is 17.6 Å². The minimum absolute atomic E-state index is 0.238. The van der Waals surface area contributed by atoms with Gasteiger partial charge in [0.15, 0.2) is 6.29 Å². The quantitative estimate of drug-likeness (QED) is 0.445. The number of methoxy groups -OCH3 is 1. The topological polar surface area (TPSA) is 61.8 Å². The third kappa shape index (κ3) is 2.98. The van der Waals surface area contributed by atoms with Crippen molar-refractivity contribution in [2.75, 3.05) is 13.7 Å². The van der Waals surface area contributed by atoms with Crippen LogP contribution in [-0.4, -0.2) is 26.2 Å². The zero-order chi connectivity index (χ0) is 12.0. The van der Waals surface area contributed by atoms with E-state index in [9.17, 15) is 9.59 Å². The van der Waals surface area contributed by atoms with Crippen molar-refractivity contribution < 1.29 is 23.8 Å². The van der Waals surface area contributed by atoms with Crippen molar-refractivity contribution >= 4 is 12.4 Å². The van der Waals surface area contributed by atoms with E-state index in [4.69, 9.17) is 9.47 Å². The molecule has 5 heteroatoms. The summed E-state index contributed by atoms with van der Waals surface area (Å²) in [4.78, 5) is 21.6. The predicted molar refractivity (Wildman–Crippen MR) is 56.0 cm³/mol. The molecule has 0 aromatic heterocycles. The van der Waals surface area contributed by atoms with Crippen LogP contribution < -0.4 is 9.47 Å². The zero-order valence-corrected chi connectivity index (χ0v) is 9.06. The maximum absolute atomic E-state index is 11.0. The highest BCUT2D eigenvalue weighted by atomic mass is 16.7. The summed E-state index contributed by atoms with van der Waals surface area (Å²) in [5.41, 5.74) is 0.388. The third-order valence-corrected chi connectivity index (χ3v) is 1.80. The number of hydrogen-bond donors (Lipinski definition) is 0. The molecular weight excluding hydrogens is 212 g/mol. The summed E-state index contributed by atoms with van der Waals surface area (Å²) in [5.74, 6) is 0.609. The standard InChI is InChI=1S/C11H12O5/c1-3-15-11(13)16-9-5-4-8(7-12)10(6-9)14-2/h4-7H,3H2,1-2H3. The van der Waals surface area contributed by atoms with Crippen LogP contribution >= 0.6 is 0 Å². The van der Waals surface area contributed by atoms with Crippen molar-refractivity contribution in [3.8, 4) is 11.5 Å². The maximum Gasteiger partial charge on any atom is 0.513 e. The largest absolute Gasteiger partial charge is 0.513 e. The lowest BCUT2D eigenvalue weighted by Gasteiger charge is -2.07. The van der Waals surface area contributed by atoms with Gasteiger partial charge in [0.2, 0.25) is 0 Å². The van der Waals surface area contributed by atoms with E-state index in [2.05, 4.69) is 4.74 Å². The van der Waals surface area contributed by atoms with Gasteiger partial charge in [0.25, 0.3) is 0 Å². The number of carbonyl (C=O) groups is 2. The molecule has 1 aromatic rings. The van der Waals surface area contributed by atoms with Gasteiger partial charge in [0.05, 0.1) is 19.3 Å². The Labute approximate surface area is 92.9 Å². The molecule has 1 aromatic carbocycles. The average molecular weight is 224 g/mol. The van der Waals surface area contributed by atoms with Gasteiger partial charge in [0, 0.05) is 6.07 Å². The van der Waals surface area contributed by atoms with E-state index in [1.165, 1.54) is 25.3 Å². The number of aldehydes is 1. The summed E-state index contributed by atoms with van der Waals surface area (Å²) in [6.07, 6.45) is -0.129. The normalized spacial score (nSPS) is 9.38. The van der Waals surface area contributed by atoms with E-state index < -0.39 is 6.16 Å². The van der Waals surface area contributed by atoms with Crippen LogP contribution in [0.3, 0.4) is 0 Å². The highest BCUT2D eigenvalue weighted by Gasteiger charge is 2.08. The molecule has 0 radical (unpaired) electrons.